The maximum absolute atomic E-state index is 13.3. The second-order valence-electron chi connectivity index (χ2n) is 3.07. The Labute approximate surface area is 105 Å². The predicted molar refractivity (Wildman–Crippen MR) is 58.9 cm³/mol. The van der Waals surface area contributed by atoms with E-state index in [1.54, 1.807) is 0 Å². The highest BCUT2D eigenvalue weighted by Crippen LogP contribution is 2.30. The summed E-state index contributed by atoms with van der Waals surface area (Å²) in [5, 5.41) is 0. The maximum Gasteiger partial charge on any atom is 0.390 e. The van der Waals surface area contributed by atoms with Gasteiger partial charge in [-0.05, 0) is 22.0 Å². The van der Waals surface area contributed by atoms with Crippen LogP contribution in [-0.2, 0) is 0 Å². The standard InChI is InChI=1S/C9H8BrF4N.ClH/c10-6-3-1-2-5(8(6)11)7(15)4-9(12,13)14;/h1-3,7H,4,15H2;1H/t7-;/m1./s1. The molecule has 0 heterocycles. The molecule has 0 fully saturated rings. The molecule has 0 saturated carbocycles. The summed E-state index contributed by atoms with van der Waals surface area (Å²) in [5.74, 6) is -0.741. The molecule has 1 aromatic rings. The van der Waals surface area contributed by atoms with E-state index in [1.807, 2.05) is 0 Å². The van der Waals surface area contributed by atoms with E-state index in [0.717, 1.165) is 0 Å². The summed E-state index contributed by atoms with van der Waals surface area (Å²) in [6.07, 6.45) is -5.63. The summed E-state index contributed by atoms with van der Waals surface area (Å²) in [7, 11) is 0. The molecule has 0 bridgehead atoms. The molecule has 0 aromatic heterocycles. The van der Waals surface area contributed by atoms with Gasteiger partial charge in [-0.25, -0.2) is 4.39 Å². The number of benzene rings is 1. The zero-order valence-corrected chi connectivity index (χ0v) is 10.3. The van der Waals surface area contributed by atoms with Gasteiger partial charge >= 0.3 is 6.18 Å². The van der Waals surface area contributed by atoms with Crippen LogP contribution in [0.3, 0.4) is 0 Å². The smallest absolute Gasteiger partial charge is 0.324 e. The van der Waals surface area contributed by atoms with E-state index in [2.05, 4.69) is 15.9 Å². The molecule has 2 N–H and O–H groups in total. The Hall–Kier alpha value is -0.330. The Morgan fingerprint density at radius 1 is 1.31 bits per heavy atom. The normalized spacial score (nSPS) is 13.1. The van der Waals surface area contributed by atoms with Gasteiger partial charge in [-0.1, -0.05) is 12.1 Å². The van der Waals surface area contributed by atoms with E-state index in [0.29, 0.717) is 0 Å². The van der Waals surface area contributed by atoms with Gasteiger partial charge in [0.05, 0.1) is 10.9 Å². The summed E-state index contributed by atoms with van der Waals surface area (Å²) in [6, 6.07) is 2.72. The molecule has 0 unspecified atom stereocenters. The molecule has 1 aromatic carbocycles. The van der Waals surface area contributed by atoms with Crippen LogP contribution in [-0.4, -0.2) is 6.18 Å². The molecule has 0 saturated heterocycles. The second kappa shape index (κ2) is 5.84. The van der Waals surface area contributed by atoms with Crippen molar-refractivity contribution in [2.24, 2.45) is 5.73 Å². The largest absolute Gasteiger partial charge is 0.390 e. The molecule has 0 aliphatic carbocycles. The van der Waals surface area contributed by atoms with Crippen LogP contribution in [0.1, 0.15) is 18.0 Å². The van der Waals surface area contributed by atoms with Gasteiger partial charge in [0, 0.05) is 11.6 Å². The number of rotatable bonds is 2. The van der Waals surface area contributed by atoms with Crippen molar-refractivity contribution in [3.05, 3.63) is 34.1 Å². The van der Waals surface area contributed by atoms with Crippen LogP contribution >= 0.6 is 28.3 Å². The number of hydrogen-bond acceptors (Lipinski definition) is 1. The van der Waals surface area contributed by atoms with E-state index in [4.69, 9.17) is 5.73 Å². The number of nitrogens with two attached hydrogens (primary N) is 1. The first-order valence-corrected chi connectivity index (χ1v) is 4.87. The maximum atomic E-state index is 13.3. The first-order chi connectivity index (χ1) is 6.81. The molecule has 1 rings (SSSR count). The lowest BCUT2D eigenvalue weighted by Crippen LogP contribution is -2.21. The third-order valence-corrected chi connectivity index (χ3v) is 2.44. The van der Waals surface area contributed by atoms with E-state index >= 15 is 0 Å². The molecular weight excluding hydrogens is 313 g/mol. The number of alkyl halides is 3. The lowest BCUT2D eigenvalue weighted by Gasteiger charge is -2.15. The predicted octanol–water partition coefficient (Wildman–Crippen LogP) is 3.96. The Balaban J connectivity index is 0.00000225. The minimum absolute atomic E-state index is 0. The molecule has 1 atom stereocenters. The molecule has 1 nitrogen and oxygen atoms in total. The molecule has 0 radical (unpaired) electrons. The van der Waals surface area contributed by atoms with Crippen LogP contribution in [0, 0.1) is 5.82 Å². The minimum atomic E-state index is -4.39. The average Bonchev–Trinajstić information content (AvgIpc) is 2.06. The quantitative estimate of drug-likeness (QED) is 0.819. The van der Waals surface area contributed by atoms with Gasteiger partial charge in [0.2, 0.25) is 0 Å². The van der Waals surface area contributed by atoms with Crippen molar-refractivity contribution in [3.8, 4) is 0 Å². The van der Waals surface area contributed by atoms with Crippen LogP contribution in [0.15, 0.2) is 22.7 Å². The Bertz CT molecular complexity index is 356. The molecule has 92 valence electrons. The van der Waals surface area contributed by atoms with Gasteiger partial charge in [-0.3, -0.25) is 0 Å². The lowest BCUT2D eigenvalue weighted by molar-refractivity contribution is -0.138. The Morgan fingerprint density at radius 2 is 1.88 bits per heavy atom. The molecule has 0 aliphatic heterocycles. The molecule has 7 heteroatoms. The summed E-state index contributed by atoms with van der Waals surface area (Å²) < 4.78 is 49.5. The Morgan fingerprint density at radius 3 is 2.38 bits per heavy atom. The van der Waals surface area contributed by atoms with Crippen LogP contribution in [0.5, 0.6) is 0 Å². The first-order valence-electron chi connectivity index (χ1n) is 4.07. The fourth-order valence-corrected chi connectivity index (χ4v) is 1.55. The summed E-state index contributed by atoms with van der Waals surface area (Å²) >= 11 is 2.88. The van der Waals surface area contributed by atoms with Gasteiger partial charge in [0.25, 0.3) is 0 Å². The van der Waals surface area contributed by atoms with Crippen molar-refractivity contribution >= 4 is 28.3 Å². The first kappa shape index (κ1) is 15.7. The van der Waals surface area contributed by atoms with E-state index < -0.39 is 24.5 Å². The van der Waals surface area contributed by atoms with E-state index in [1.165, 1.54) is 18.2 Å². The highest BCUT2D eigenvalue weighted by atomic mass is 79.9. The van der Waals surface area contributed by atoms with Crippen LogP contribution in [0.4, 0.5) is 17.6 Å². The van der Waals surface area contributed by atoms with Crippen LogP contribution in [0.2, 0.25) is 0 Å². The SMILES string of the molecule is Cl.N[C@H](CC(F)(F)F)c1cccc(Br)c1F. The van der Waals surface area contributed by atoms with Crippen molar-refractivity contribution in [2.45, 2.75) is 18.6 Å². The molecule has 0 amide bonds. The highest BCUT2D eigenvalue weighted by Gasteiger charge is 2.32. The molecule has 0 aliphatic rings. The fourth-order valence-electron chi connectivity index (χ4n) is 1.17. The number of halogens is 6. The van der Waals surface area contributed by atoms with Crippen molar-refractivity contribution in [3.63, 3.8) is 0 Å². The lowest BCUT2D eigenvalue weighted by atomic mass is 10.0. The Kier molecular flexibility index (Phi) is 5.72. The van der Waals surface area contributed by atoms with Gasteiger partial charge in [0.1, 0.15) is 5.82 Å². The van der Waals surface area contributed by atoms with Gasteiger partial charge < -0.3 is 5.73 Å². The van der Waals surface area contributed by atoms with Gasteiger partial charge in [0.15, 0.2) is 0 Å². The van der Waals surface area contributed by atoms with Crippen LogP contribution < -0.4 is 5.73 Å². The van der Waals surface area contributed by atoms with Gasteiger partial charge in [-0.2, -0.15) is 13.2 Å². The van der Waals surface area contributed by atoms with Crippen LogP contribution in [0.25, 0.3) is 0 Å². The van der Waals surface area contributed by atoms with Crippen molar-refractivity contribution in [1.82, 2.24) is 0 Å². The summed E-state index contributed by atoms with van der Waals surface area (Å²) in [5.41, 5.74) is 5.13. The third kappa shape index (κ3) is 4.27. The van der Waals surface area contributed by atoms with Crippen molar-refractivity contribution in [1.29, 1.82) is 0 Å². The fraction of sp³-hybridized carbons (Fsp3) is 0.333. The van der Waals surface area contributed by atoms with E-state index in [-0.39, 0.29) is 22.4 Å². The van der Waals surface area contributed by atoms with Crippen molar-refractivity contribution < 1.29 is 17.6 Å². The molecular formula is C9H9BrClF4N. The monoisotopic (exact) mass is 321 g/mol. The second-order valence-corrected chi connectivity index (χ2v) is 3.92. The number of hydrogen-bond donors (Lipinski definition) is 1. The van der Waals surface area contributed by atoms with E-state index in [9.17, 15) is 17.6 Å². The summed E-state index contributed by atoms with van der Waals surface area (Å²) in [6.45, 7) is 0. The van der Waals surface area contributed by atoms with Gasteiger partial charge in [-0.15, -0.1) is 12.4 Å². The summed E-state index contributed by atoms with van der Waals surface area (Å²) in [4.78, 5) is 0. The highest BCUT2D eigenvalue weighted by molar-refractivity contribution is 9.10. The minimum Gasteiger partial charge on any atom is -0.324 e. The zero-order chi connectivity index (χ0) is 11.6. The zero-order valence-electron chi connectivity index (χ0n) is 7.89. The van der Waals surface area contributed by atoms with Crippen molar-refractivity contribution in [2.75, 3.05) is 0 Å². The molecule has 16 heavy (non-hydrogen) atoms. The third-order valence-electron chi connectivity index (χ3n) is 1.83. The topological polar surface area (TPSA) is 26.0 Å². The molecule has 0 spiro atoms. The average molecular weight is 323 g/mol.